The minimum atomic E-state index is -1.05. The molecule has 12 heteroatoms. The number of nitro benzene ring substituents is 1. The summed E-state index contributed by atoms with van der Waals surface area (Å²) in [6.45, 7) is 3.60. The Morgan fingerprint density at radius 1 is 1.26 bits per heavy atom. The molecule has 0 bridgehead atoms. The zero-order chi connectivity index (χ0) is 25.7. The zero-order valence-electron chi connectivity index (χ0n) is 19.0. The Bertz CT molecular complexity index is 1220. The van der Waals surface area contributed by atoms with E-state index in [2.05, 4.69) is 20.7 Å². The number of thioether (sulfide) groups is 1. The summed E-state index contributed by atoms with van der Waals surface area (Å²) in [5.74, 6) is -0.540. The van der Waals surface area contributed by atoms with Gasteiger partial charge in [0.15, 0.2) is 11.5 Å². The van der Waals surface area contributed by atoms with Crippen molar-refractivity contribution in [2.24, 2.45) is 0 Å². The molecule has 0 saturated carbocycles. The lowest BCUT2D eigenvalue weighted by Crippen LogP contribution is -2.42. The largest absolute Gasteiger partial charge is 0.490 e. The molecular weight excluding hydrogens is 544 g/mol. The van der Waals surface area contributed by atoms with Gasteiger partial charge < -0.3 is 14.2 Å². The van der Waals surface area contributed by atoms with E-state index in [4.69, 9.17) is 9.47 Å². The number of ether oxygens (including phenoxy) is 3. The van der Waals surface area contributed by atoms with E-state index in [-0.39, 0.29) is 17.2 Å². The van der Waals surface area contributed by atoms with Gasteiger partial charge in [-0.25, -0.2) is 4.79 Å². The van der Waals surface area contributed by atoms with Crippen molar-refractivity contribution in [2.45, 2.75) is 26.5 Å². The monoisotopic (exact) mass is 564 g/mol. The predicted molar refractivity (Wildman–Crippen MR) is 132 cm³/mol. The van der Waals surface area contributed by atoms with Crippen LogP contribution in [0.3, 0.4) is 0 Å². The molecule has 2 aromatic rings. The SMILES string of the molecule is CCOc1cc(/C=C2/SC(=O)N([C@H](C)C(=O)OC)C2=O)cc(Br)c1OCc1cccc([N+](=O)[O-])c1. The van der Waals surface area contributed by atoms with E-state index in [1.807, 2.05) is 0 Å². The third-order valence-electron chi connectivity index (χ3n) is 4.89. The molecule has 1 aliphatic heterocycles. The highest BCUT2D eigenvalue weighted by Gasteiger charge is 2.41. The van der Waals surface area contributed by atoms with Crippen LogP contribution in [0.25, 0.3) is 6.08 Å². The number of carbonyl (C=O) groups excluding carboxylic acids is 3. The standard InChI is InChI=1S/C23H21BrN2O8S/c1-4-33-18-10-15(11-19-21(27)25(23(29)35-19)13(2)22(28)32-3)9-17(24)20(18)34-12-14-6-5-7-16(8-14)26(30)31/h5-11,13H,4,12H2,1-3H3/b19-11+/t13-/m1/s1. The first-order valence-electron chi connectivity index (χ1n) is 10.3. The number of nitro groups is 1. The number of hydrogen-bond donors (Lipinski definition) is 0. The van der Waals surface area contributed by atoms with Crippen LogP contribution in [0.2, 0.25) is 0 Å². The van der Waals surface area contributed by atoms with E-state index in [1.165, 1.54) is 32.2 Å². The number of non-ortho nitro benzene ring substituents is 1. The Labute approximate surface area is 213 Å². The van der Waals surface area contributed by atoms with Gasteiger partial charge in [0.2, 0.25) is 0 Å². The fourth-order valence-electron chi connectivity index (χ4n) is 3.23. The number of benzene rings is 2. The molecule has 0 aromatic heterocycles. The number of hydrogen-bond acceptors (Lipinski definition) is 9. The number of halogens is 1. The van der Waals surface area contributed by atoms with Crippen LogP contribution >= 0.6 is 27.7 Å². The van der Waals surface area contributed by atoms with Gasteiger partial charge in [0, 0.05) is 12.1 Å². The Balaban J connectivity index is 1.86. The number of carbonyl (C=O) groups is 3. The molecule has 10 nitrogen and oxygen atoms in total. The highest BCUT2D eigenvalue weighted by Crippen LogP contribution is 2.40. The van der Waals surface area contributed by atoms with Crippen molar-refractivity contribution in [1.82, 2.24) is 4.90 Å². The fraction of sp³-hybridized carbons (Fsp3) is 0.261. The van der Waals surface area contributed by atoms with Gasteiger partial charge in [-0.1, -0.05) is 12.1 Å². The van der Waals surface area contributed by atoms with Crippen LogP contribution < -0.4 is 9.47 Å². The maximum absolute atomic E-state index is 12.8. The van der Waals surface area contributed by atoms with E-state index >= 15 is 0 Å². The van der Waals surface area contributed by atoms with Crippen molar-refractivity contribution in [2.75, 3.05) is 13.7 Å². The number of nitrogens with zero attached hydrogens (tertiary/aromatic N) is 2. The second-order valence-electron chi connectivity index (χ2n) is 7.23. The smallest absolute Gasteiger partial charge is 0.328 e. The first-order chi connectivity index (χ1) is 16.7. The van der Waals surface area contributed by atoms with Crippen LogP contribution in [0.5, 0.6) is 11.5 Å². The third-order valence-corrected chi connectivity index (χ3v) is 6.36. The number of imide groups is 1. The molecule has 0 aliphatic carbocycles. The maximum Gasteiger partial charge on any atom is 0.328 e. The third kappa shape index (κ3) is 6.01. The van der Waals surface area contributed by atoms with Crippen LogP contribution in [0.1, 0.15) is 25.0 Å². The van der Waals surface area contributed by atoms with Gasteiger partial charge in [-0.2, -0.15) is 0 Å². The van der Waals surface area contributed by atoms with Gasteiger partial charge >= 0.3 is 5.97 Å². The molecular formula is C23H21BrN2O8S. The van der Waals surface area contributed by atoms with Crippen molar-refractivity contribution in [3.8, 4) is 11.5 Å². The lowest BCUT2D eigenvalue weighted by atomic mass is 10.1. The Morgan fingerprint density at radius 2 is 2.00 bits per heavy atom. The molecule has 0 unspecified atom stereocenters. The lowest BCUT2D eigenvalue weighted by Gasteiger charge is -2.18. The van der Waals surface area contributed by atoms with E-state index in [9.17, 15) is 24.5 Å². The molecule has 0 spiro atoms. The molecule has 1 aliphatic rings. The quantitative estimate of drug-likeness (QED) is 0.180. The van der Waals surface area contributed by atoms with Crippen molar-refractivity contribution in [1.29, 1.82) is 0 Å². The molecule has 1 atom stereocenters. The average Bonchev–Trinajstić information content (AvgIpc) is 3.10. The van der Waals surface area contributed by atoms with Crippen molar-refractivity contribution in [3.63, 3.8) is 0 Å². The second kappa shape index (κ2) is 11.4. The summed E-state index contributed by atoms with van der Waals surface area (Å²) in [5, 5.41) is 10.4. The molecule has 184 valence electrons. The highest BCUT2D eigenvalue weighted by molar-refractivity contribution is 9.10. The number of methoxy groups -OCH3 is 1. The first kappa shape index (κ1) is 26.2. The summed E-state index contributed by atoms with van der Waals surface area (Å²) >= 11 is 4.17. The van der Waals surface area contributed by atoms with Crippen LogP contribution in [0, 0.1) is 10.1 Å². The summed E-state index contributed by atoms with van der Waals surface area (Å²) in [4.78, 5) is 48.5. The molecule has 1 heterocycles. The Morgan fingerprint density at radius 3 is 2.66 bits per heavy atom. The summed E-state index contributed by atoms with van der Waals surface area (Å²) in [5.41, 5.74) is 1.12. The molecule has 2 amide bonds. The molecule has 0 radical (unpaired) electrons. The molecule has 1 saturated heterocycles. The summed E-state index contributed by atoms with van der Waals surface area (Å²) < 4.78 is 16.7. The zero-order valence-corrected chi connectivity index (χ0v) is 21.4. The van der Waals surface area contributed by atoms with Crippen LogP contribution in [-0.2, 0) is 20.9 Å². The van der Waals surface area contributed by atoms with Gasteiger partial charge in [-0.15, -0.1) is 0 Å². The van der Waals surface area contributed by atoms with E-state index in [0.717, 1.165) is 16.7 Å². The minimum absolute atomic E-state index is 0.0407. The van der Waals surface area contributed by atoms with Crippen LogP contribution in [0.15, 0.2) is 45.8 Å². The number of esters is 1. The molecule has 3 rings (SSSR count). The average molecular weight is 565 g/mol. The summed E-state index contributed by atoms with van der Waals surface area (Å²) in [6.07, 6.45) is 1.52. The van der Waals surface area contributed by atoms with Crippen LogP contribution in [-0.4, -0.2) is 46.7 Å². The number of rotatable bonds is 9. The van der Waals surface area contributed by atoms with E-state index in [1.54, 1.807) is 31.2 Å². The molecule has 1 fully saturated rings. The lowest BCUT2D eigenvalue weighted by molar-refractivity contribution is -0.384. The molecule has 35 heavy (non-hydrogen) atoms. The fourth-order valence-corrected chi connectivity index (χ4v) is 4.71. The molecule has 2 aromatic carbocycles. The molecule has 0 N–H and O–H groups in total. The minimum Gasteiger partial charge on any atom is -0.490 e. The van der Waals surface area contributed by atoms with Gasteiger partial charge in [-0.3, -0.25) is 24.6 Å². The Hall–Kier alpha value is -3.38. The topological polar surface area (TPSA) is 125 Å². The first-order valence-corrected chi connectivity index (χ1v) is 11.9. The van der Waals surface area contributed by atoms with Crippen molar-refractivity contribution >= 4 is 56.6 Å². The van der Waals surface area contributed by atoms with Gasteiger partial charge in [0.05, 0.1) is 28.0 Å². The Kier molecular flexibility index (Phi) is 8.52. The van der Waals surface area contributed by atoms with E-state index < -0.39 is 28.1 Å². The van der Waals surface area contributed by atoms with Gasteiger partial charge in [-0.05, 0) is 70.9 Å². The predicted octanol–water partition coefficient (Wildman–Crippen LogP) is 4.93. The van der Waals surface area contributed by atoms with Crippen LogP contribution in [0.4, 0.5) is 10.5 Å². The van der Waals surface area contributed by atoms with Crippen molar-refractivity contribution in [3.05, 3.63) is 67.0 Å². The maximum atomic E-state index is 12.8. The highest BCUT2D eigenvalue weighted by atomic mass is 79.9. The van der Waals surface area contributed by atoms with E-state index in [0.29, 0.717) is 33.7 Å². The van der Waals surface area contributed by atoms with Gasteiger partial charge in [0.25, 0.3) is 16.8 Å². The normalized spacial score (nSPS) is 15.3. The van der Waals surface area contributed by atoms with Gasteiger partial charge in [0.1, 0.15) is 12.6 Å². The second-order valence-corrected chi connectivity index (χ2v) is 9.08. The van der Waals surface area contributed by atoms with Crippen molar-refractivity contribution < 1.29 is 33.5 Å². The number of amides is 2. The summed E-state index contributed by atoms with van der Waals surface area (Å²) in [6, 6.07) is 8.39. The summed E-state index contributed by atoms with van der Waals surface area (Å²) in [7, 11) is 1.18.